The van der Waals surface area contributed by atoms with E-state index in [4.69, 9.17) is 14.2 Å². The maximum absolute atomic E-state index is 13.0. The minimum absolute atomic E-state index is 0.0257. The van der Waals surface area contributed by atoms with Gasteiger partial charge in [0.25, 0.3) is 0 Å². The minimum Gasteiger partial charge on any atom is -0.490 e. The Morgan fingerprint density at radius 2 is 1.86 bits per heavy atom. The minimum atomic E-state index is -3.70. The molecular formula is C28H44N4O9S. The highest BCUT2D eigenvalue weighted by atomic mass is 32.2. The van der Waals surface area contributed by atoms with Gasteiger partial charge in [0, 0.05) is 26.2 Å². The molecule has 236 valence electrons. The molecule has 0 aliphatic carbocycles. The monoisotopic (exact) mass is 612 g/mol. The van der Waals surface area contributed by atoms with E-state index in [1.807, 2.05) is 32.6 Å². The second-order valence-corrected chi connectivity index (χ2v) is 13.5. The number of hydrogen-bond acceptors (Lipinski definition) is 10. The predicted molar refractivity (Wildman–Crippen MR) is 155 cm³/mol. The van der Waals surface area contributed by atoms with Gasteiger partial charge >= 0.3 is 18.0 Å². The van der Waals surface area contributed by atoms with Crippen molar-refractivity contribution in [2.75, 3.05) is 51.6 Å². The van der Waals surface area contributed by atoms with Crippen molar-refractivity contribution in [2.45, 2.75) is 70.7 Å². The molecule has 3 N–H and O–H groups in total. The van der Waals surface area contributed by atoms with E-state index in [0.29, 0.717) is 37.2 Å². The van der Waals surface area contributed by atoms with Gasteiger partial charge in [-0.1, -0.05) is 25.5 Å². The molecule has 42 heavy (non-hydrogen) atoms. The van der Waals surface area contributed by atoms with Crippen molar-refractivity contribution in [3.63, 3.8) is 0 Å². The Labute approximate surface area is 247 Å². The van der Waals surface area contributed by atoms with E-state index in [2.05, 4.69) is 10.0 Å². The number of carboxylic acid groups (broad SMARTS) is 1. The quantitative estimate of drug-likeness (QED) is 0.244. The molecule has 2 aliphatic heterocycles. The first kappa shape index (κ1) is 33.6. The topological polar surface area (TPSA) is 164 Å². The molecule has 0 spiro atoms. The van der Waals surface area contributed by atoms with E-state index in [0.717, 1.165) is 13.1 Å². The maximum atomic E-state index is 13.0. The molecule has 2 heterocycles. The standard InChI is InChI=1S/C28H44N4O9S/c1-5-6-15-42(37,38)30-23(25(33)34)16-20-7-9-21(10-8-20)39-19-22-17-32(27(36)40-22)18-24(26(35)41-28(2,3)4)31-13-11-29-12-14-31/h7-10,22-24,29-30H,5-6,11-19H2,1-4H3,(H,33,34). The number of nitrogens with zero attached hydrogens (tertiary/aromatic N) is 2. The van der Waals surface area contributed by atoms with Crippen LogP contribution in [0.2, 0.25) is 0 Å². The van der Waals surface area contributed by atoms with Crippen molar-refractivity contribution in [1.29, 1.82) is 0 Å². The molecule has 14 heteroatoms. The summed E-state index contributed by atoms with van der Waals surface area (Å²) in [5.74, 6) is -1.28. The van der Waals surface area contributed by atoms with Crippen LogP contribution in [-0.4, -0.2) is 117 Å². The number of piperazine rings is 1. The van der Waals surface area contributed by atoms with Crippen molar-refractivity contribution < 1.29 is 42.1 Å². The molecule has 13 nitrogen and oxygen atoms in total. The van der Waals surface area contributed by atoms with Crippen LogP contribution in [0.25, 0.3) is 0 Å². The number of carboxylic acids is 1. The summed E-state index contributed by atoms with van der Waals surface area (Å²) in [6.07, 6.45) is 0.0307. The molecule has 1 aromatic rings. The van der Waals surface area contributed by atoms with Crippen LogP contribution in [-0.2, 0) is 35.5 Å². The molecule has 2 saturated heterocycles. The summed E-state index contributed by atoms with van der Waals surface area (Å²) in [6.45, 7) is 10.6. The number of ether oxygens (including phenoxy) is 3. The Balaban J connectivity index is 1.54. The van der Waals surface area contributed by atoms with Gasteiger partial charge < -0.3 is 29.5 Å². The average molecular weight is 613 g/mol. The molecule has 1 amide bonds. The lowest BCUT2D eigenvalue weighted by molar-refractivity contribution is -0.162. The van der Waals surface area contributed by atoms with E-state index >= 15 is 0 Å². The van der Waals surface area contributed by atoms with E-state index in [1.165, 1.54) is 4.90 Å². The Kier molecular flexibility index (Phi) is 12.0. The van der Waals surface area contributed by atoms with Crippen molar-refractivity contribution in [3.8, 4) is 5.75 Å². The van der Waals surface area contributed by atoms with Crippen LogP contribution in [0.5, 0.6) is 5.75 Å². The summed E-state index contributed by atoms with van der Waals surface area (Å²) in [5, 5.41) is 12.8. The van der Waals surface area contributed by atoms with Gasteiger partial charge in [-0.15, -0.1) is 0 Å². The van der Waals surface area contributed by atoms with Gasteiger partial charge in [0.2, 0.25) is 10.0 Å². The Morgan fingerprint density at radius 3 is 2.45 bits per heavy atom. The number of sulfonamides is 1. The van der Waals surface area contributed by atoms with Gasteiger partial charge in [-0.05, 0) is 51.3 Å². The third-order valence-corrected chi connectivity index (χ3v) is 8.27. The molecule has 3 atom stereocenters. The Bertz CT molecular complexity index is 1160. The second kappa shape index (κ2) is 15.0. The number of amides is 1. The fourth-order valence-electron chi connectivity index (χ4n) is 4.66. The molecule has 0 radical (unpaired) electrons. The zero-order valence-corrected chi connectivity index (χ0v) is 25.7. The van der Waals surface area contributed by atoms with Crippen LogP contribution in [0.1, 0.15) is 46.1 Å². The third kappa shape index (κ3) is 10.7. The SMILES string of the molecule is CCCCS(=O)(=O)NC(Cc1ccc(OCC2CN(CC(C(=O)OC(C)(C)C)N3CCNCC3)C(=O)O2)cc1)C(=O)O. The molecule has 3 unspecified atom stereocenters. The number of cyclic esters (lactones) is 1. The van der Waals surface area contributed by atoms with Crippen LogP contribution in [0.3, 0.4) is 0 Å². The summed E-state index contributed by atoms with van der Waals surface area (Å²) >= 11 is 0. The Hall–Kier alpha value is -2.94. The molecule has 1 aromatic carbocycles. The first-order valence-electron chi connectivity index (χ1n) is 14.3. The zero-order chi connectivity index (χ0) is 30.9. The summed E-state index contributed by atoms with van der Waals surface area (Å²) in [5.41, 5.74) is -0.0365. The molecule has 3 rings (SSSR count). The lowest BCUT2D eigenvalue weighted by Crippen LogP contribution is -2.56. The van der Waals surface area contributed by atoms with Crippen LogP contribution in [0.15, 0.2) is 24.3 Å². The fourth-order valence-corrected chi connectivity index (χ4v) is 6.06. The molecular weight excluding hydrogens is 568 g/mol. The highest BCUT2D eigenvalue weighted by molar-refractivity contribution is 7.89. The number of carbonyl (C=O) groups is 3. The second-order valence-electron chi connectivity index (χ2n) is 11.6. The molecule has 2 fully saturated rings. The lowest BCUT2D eigenvalue weighted by Gasteiger charge is -2.36. The van der Waals surface area contributed by atoms with E-state index in [9.17, 15) is 27.9 Å². The Morgan fingerprint density at radius 1 is 1.19 bits per heavy atom. The number of benzene rings is 1. The van der Waals surface area contributed by atoms with E-state index < -0.39 is 45.9 Å². The van der Waals surface area contributed by atoms with Crippen LogP contribution >= 0.6 is 0 Å². The largest absolute Gasteiger partial charge is 0.490 e. The number of esters is 1. The lowest BCUT2D eigenvalue weighted by atomic mass is 10.1. The molecule has 0 aromatic heterocycles. The average Bonchev–Trinajstić information content (AvgIpc) is 3.28. The number of aliphatic carboxylic acids is 1. The molecule has 0 bridgehead atoms. The van der Waals surface area contributed by atoms with Crippen molar-refractivity contribution in [3.05, 3.63) is 29.8 Å². The normalized spacial score (nSPS) is 19.7. The van der Waals surface area contributed by atoms with Crippen LogP contribution < -0.4 is 14.8 Å². The summed E-state index contributed by atoms with van der Waals surface area (Å²) in [6, 6.07) is 4.73. The van der Waals surface area contributed by atoms with Crippen LogP contribution in [0.4, 0.5) is 4.79 Å². The van der Waals surface area contributed by atoms with Crippen molar-refractivity contribution in [1.82, 2.24) is 19.8 Å². The van der Waals surface area contributed by atoms with Gasteiger partial charge in [0.05, 0.1) is 18.8 Å². The number of carbonyl (C=O) groups excluding carboxylic acids is 2. The molecule has 0 saturated carbocycles. The summed E-state index contributed by atoms with van der Waals surface area (Å²) < 4.78 is 43.6. The van der Waals surface area contributed by atoms with E-state index in [1.54, 1.807) is 24.3 Å². The van der Waals surface area contributed by atoms with Gasteiger partial charge in [-0.25, -0.2) is 17.9 Å². The highest BCUT2D eigenvalue weighted by Crippen LogP contribution is 2.20. The predicted octanol–water partition coefficient (Wildman–Crippen LogP) is 1.22. The van der Waals surface area contributed by atoms with Crippen LogP contribution in [0, 0.1) is 0 Å². The summed E-state index contributed by atoms with van der Waals surface area (Å²) in [4.78, 5) is 40.9. The third-order valence-electron chi connectivity index (χ3n) is 6.80. The fraction of sp³-hybridized carbons (Fsp3) is 0.679. The molecule has 2 aliphatic rings. The van der Waals surface area contributed by atoms with Gasteiger partial charge in [0.15, 0.2) is 6.10 Å². The first-order chi connectivity index (χ1) is 19.8. The number of nitrogens with one attached hydrogen (secondary N) is 2. The highest BCUT2D eigenvalue weighted by Gasteiger charge is 2.39. The van der Waals surface area contributed by atoms with Crippen molar-refractivity contribution in [2.24, 2.45) is 0 Å². The van der Waals surface area contributed by atoms with Gasteiger partial charge in [-0.3, -0.25) is 14.5 Å². The number of unbranched alkanes of at least 4 members (excludes halogenated alkanes) is 1. The van der Waals surface area contributed by atoms with E-state index in [-0.39, 0.29) is 37.8 Å². The zero-order valence-electron chi connectivity index (χ0n) is 24.8. The van der Waals surface area contributed by atoms with Gasteiger partial charge in [0.1, 0.15) is 30.0 Å². The van der Waals surface area contributed by atoms with Gasteiger partial charge in [-0.2, -0.15) is 0 Å². The first-order valence-corrected chi connectivity index (χ1v) is 16.0. The smallest absolute Gasteiger partial charge is 0.410 e. The van der Waals surface area contributed by atoms with Crippen molar-refractivity contribution >= 4 is 28.1 Å². The number of hydrogen-bond donors (Lipinski definition) is 3. The summed E-state index contributed by atoms with van der Waals surface area (Å²) in [7, 11) is -3.70. The maximum Gasteiger partial charge on any atom is 0.410 e. The number of rotatable bonds is 15.